The normalized spacial score (nSPS) is 28.7. The molecule has 84 valence electrons. The topological polar surface area (TPSA) is 38.5 Å². The summed E-state index contributed by atoms with van der Waals surface area (Å²) in [5.41, 5.74) is 5.84. The molecule has 0 aromatic rings. The van der Waals surface area contributed by atoms with E-state index in [0.717, 1.165) is 26.2 Å². The van der Waals surface area contributed by atoms with Gasteiger partial charge in [-0.1, -0.05) is 20.3 Å². The maximum absolute atomic E-state index is 5.84. The van der Waals surface area contributed by atoms with E-state index in [-0.39, 0.29) is 0 Å². The van der Waals surface area contributed by atoms with E-state index in [2.05, 4.69) is 25.7 Å². The summed E-state index contributed by atoms with van der Waals surface area (Å²) in [6, 6.07) is 0.534. The van der Waals surface area contributed by atoms with Gasteiger partial charge in [0.2, 0.25) is 0 Å². The Morgan fingerprint density at radius 2 is 2.29 bits per heavy atom. The van der Waals surface area contributed by atoms with Gasteiger partial charge in [-0.2, -0.15) is 0 Å². The maximum Gasteiger partial charge on any atom is 0.0674 e. The van der Waals surface area contributed by atoms with Gasteiger partial charge in [0.1, 0.15) is 0 Å². The molecule has 0 amide bonds. The SMILES string of the molecule is CCC(C)C(CN)N1CCOC(C)C1. The van der Waals surface area contributed by atoms with Gasteiger partial charge in [-0.05, 0) is 12.8 Å². The predicted octanol–water partition coefficient (Wildman–Crippen LogP) is 1.08. The molecule has 1 saturated heterocycles. The quantitative estimate of drug-likeness (QED) is 0.738. The minimum absolute atomic E-state index is 0.363. The van der Waals surface area contributed by atoms with Gasteiger partial charge in [-0.3, -0.25) is 4.90 Å². The van der Waals surface area contributed by atoms with Gasteiger partial charge in [-0.15, -0.1) is 0 Å². The van der Waals surface area contributed by atoms with E-state index in [1.807, 2.05) is 0 Å². The summed E-state index contributed by atoms with van der Waals surface area (Å²) in [5, 5.41) is 0. The molecule has 3 unspecified atom stereocenters. The molecule has 1 heterocycles. The second kappa shape index (κ2) is 5.69. The summed E-state index contributed by atoms with van der Waals surface area (Å²) < 4.78 is 5.53. The third-order valence-electron chi connectivity index (χ3n) is 3.28. The Morgan fingerprint density at radius 3 is 2.79 bits per heavy atom. The number of hydrogen-bond acceptors (Lipinski definition) is 3. The zero-order chi connectivity index (χ0) is 10.6. The lowest BCUT2D eigenvalue weighted by Gasteiger charge is -2.39. The highest BCUT2D eigenvalue weighted by Crippen LogP contribution is 2.16. The second-order valence-corrected chi connectivity index (χ2v) is 4.36. The van der Waals surface area contributed by atoms with E-state index in [1.54, 1.807) is 0 Å². The van der Waals surface area contributed by atoms with Crippen molar-refractivity contribution in [1.29, 1.82) is 0 Å². The molecule has 0 bridgehead atoms. The van der Waals surface area contributed by atoms with Crippen LogP contribution in [0.1, 0.15) is 27.2 Å². The molecule has 1 rings (SSSR count). The molecule has 0 radical (unpaired) electrons. The van der Waals surface area contributed by atoms with Crippen LogP contribution in [0.2, 0.25) is 0 Å². The number of rotatable bonds is 4. The smallest absolute Gasteiger partial charge is 0.0674 e. The molecule has 2 N–H and O–H groups in total. The molecule has 1 aliphatic heterocycles. The fourth-order valence-corrected chi connectivity index (χ4v) is 2.16. The summed E-state index contributed by atoms with van der Waals surface area (Å²) in [4.78, 5) is 2.49. The number of ether oxygens (including phenoxy) is 1. The van der Waals surface area contributed by atoms with E-state index in [9.17, 15) is 0 Å². The van der Waals surface area contributed by atoms with E-state index < -0.39 is 0 Å². The Bertz CT molecular complexity index is 163. The summed E-state index contributed by atoms with van der Waals surface area (Å²) in [6.07, 6.45) is 1.56. The highest BCUT2D eigenvalue weighted by atomic mass is 16.5. The van der Waals surface area contributed by atoms with Crippen LogP contribution in [0.4, 0.5) is 0 Å². The Balaban J connectivity index is 2.50. The summed E-state index contributed by atoms with van der Waals surface area (Å²) in [7, 11) is 0. The molecular weight excluding hydrogens is 176 g/mol. The lowest BCUT2D eigenvalue weighted by atomic mass is 9.97. The van der Waals surface area contributed by atoms with Crippen LogP contribution in [0.5, 0.6) is 0 Å². The molecule has 0 aromatic heterocycles. The summed E-state index contributed by atoms with van der Waals surface area (Å²) in [6.45, 7) is 10.4. The van der Waals surface area contributed by atoms with Crippen LogP contribution in [0.25, 0.3) is 0 Å². The monoisotopic (exact) mass is 200 g/mol. The highest BCUT2D eigenvalue weighted by molar-refractivity contribution is 4.80. The third kappa shape index (κ3) is 2.94. The molecule has 14 heavy (non-hydrogen) atoms. The largest absolute Gasteiger partial charge is 0.376 e. The van der Waals surface area contributed by atoms with Gasteiger partial charge in [0.15, 0.2) is 0 Å². The van der Waals surface area contributed by atoms with Crippen molar-refractivity contribution in [2.75, 3.05) is 26.2 Å². The van der Waals surface area contributed by atoms with Crippen molar-refractivity contribution < 1.29 is 4.74 Å². The Hall–Kier alpha value is -0.120. The van der Waals surface area contributed by atoms with Gasteiger partial charge < -0.3 is 10.5 Å². The highest BCUT2D eigenvalue weighted by Gasteiger charge is 2.26. The summed E-state index contributed by atoms with van der Waals surface area (Å²) in [5.74, 6) is 0.685. The zero-order valence-corrected chi connectivity index (χ0v) is 9.70. The van der Waals surface area contributed by atoms with Gasteiger partial charge in [0.05, 0.1) is 12.7 Å². The number of nitrogens with two attached hydrogens (primary N) is 1. The number of hydrogen-bond donors (Lipinski definition) is 1. The molecule has 3 atom stereocenters. The molecule has 0 aliphatic carbocycles. The van der Waals surface area contributed by atoms with Crippen LogP contribution < -0.4 is 5.73 Å². The molecule has 3 nitrogen and oxygen atoms in total. The van der Waals surface area contributed by atoms with Crippen molar-refractivity contribution >= 4 is 0 Å². The fourth-order valence-electron chi connectivity index (χ4n) is 2.16. The van der Waals surface area contributed by atoms with Crippen molar-refractivity contribution in [3.63, 3.8) is 0 Å². The first-order valence-electron chi connectivity index (χ1n) is 5.74. The van der Waals surface area contributed by atoms with E-state index in [4.69, 9.17) is 10.5 Å². The van der Waals surface area contributed by atoms with E-state index in [1.165, 1.54) is 6.42 Å². The lowest BCUT2D eigenvalue weighted by molar-refractivity contribution is -0.0408. The lowest BCUT2D eigenvalue weighted by Crippen LogP contribution is -2.52. The Labute approximate surface area is 87.6 Å². The van der Waals surface area contributed by atoms with Gasteiger partial charge in [-0.25, -0.2) is 0 Å². The average Bonchev–Trinajstić information content (AvgIpc) is 2.19. The van der Waals surface area contributed by atoms with Gasteiger partial charge in [0, 0.05) is 25.7 Å². The van der Waals surface area contributed by atoms with Gasteiger partial charge >= 0.3 is 0 Å². The van der Waals surface area contributed by atoms with Crippen molar-refractivity contribution in [2.24, 2.45) is 11.7 Å². The van der Waals surface area contributed by atoms with Crippen molar-refractivity contribution in [3.05, 3.63) is 0 Å². The summed E-state index contributed by atoms with van der Waals surface area (Å²) >= 11 is 0. The average molecular weight is 200 g/mol. The second-order valence-electron chi connectivity index (χ2n) is 4.36. The van der Waals surface area contributed by atoms with Crippen LogP contribution in [0.3, 0.4) is 0 Å². The molecule has 3 heteroatoms. The minimum atomic E-state index is 0.363. The molecule has 1 fully saturated rings. The maximum atomic E-state index is 5.84. The van der Waals surface area contributed by atoms with Crippen LogP contribution >= 0.6 is 0 Å². The van der Waals surface area contributed by atoms with Gasteiger partial charge in [0.25, 0.3) is 0 Å². The molecule has 0 spiro atoms. The number of nitrogens with zero attached hydrogens (tertiary/aromatic N) is 1. The zero-order valence-electron chi connectivity index (χ0n) is 9.70. The van der Waals surface area contributed by atoms with Crippen LogP contribution in [-0.4, -0.2) is 43.3 Å². The van der Waals surface area contributed by atoms with Crippen LogP contribution in [0.15, 0.2) is 0 Å². The Kier molecular flexibility index (Phi) is 4.85. The standard InChI is InChI=1S/C11H24N2O/c1-4-9(2)11(7-12)13-5-6-14-10(3)8-13/h9-11H,4-8,12H2,1-3H3. The number of morpholine rings is 1. The van der Waals surface area contributed by atoms with E-state index >= 15 is 0 Å². The van der Waals surface area contributed by atoms with Crippen molar-refractivity contribution in [2.45, 2.75) is 39.3 Å². The first-order valence-corrected chi connectivity index (χ1v) is 5.74. The van der Waals surface area contributed by atoms with Crippen molar-refractivity contribution in [1.82, 2.24) is 4.90 Å². The minimum Gasteiger partial charge on any atom is -0.376 e. The molecule has 0 aromatic carbocycles. The first-order chi connectivity index (χ1) is 6.69. The molecule has 0 saturated carbocycles. The van der Waals surface area contributed by atoms with Crippen LogP contribution in [0, 0.1) is 5.92 Å². The fraction of sp³-hybridized carbons (Fsp3) is 1.00. The molecular formula is C11H24N2O. The first kappa shape index (κ1) is 12.0. The van der Waals surface area contributed by atoms with Crippen LogP contribution in [-0.2, 0) is 4.74 Å². The van der Waals surface area contributed by atoms with Crippen molar-refractivity contribution in [3.8, 4) is 0 Å². The van der Waals surface area contributed by atoms with E-state index in [0.29, 0.717) is 18.1 Å². The molecule has 1 aliphatic rings. The predicted molar refractivity (Wildman–Crippen MR) is 59.3 cm³/mol. The Morgan fingerprint density at radius 1 is 1.57 bits per heavy atom. The third-order valence-corrected chi connectivity index (χ3v) is 3.28.